The van der Waals surface area contributed by atoms with Gasteiger partial charge in [-0.3, -0.25) is 24.1 Å². The Morgan fingerprint density at radius 1 is 1.33 bits per heavy atom. The minimum atomic E-state index is -0.487. The summed E-state index contributed by atoms with van der Waals surface area (Å²) in [7, 11) is 1.53. The Morgan fingerprint density at radius 2 is 2.05 bits per heavy atom. The van der Waals surface area contributed by atoms with Gasteiger partial charge in [0.25, 0.3) is 0 Å². The molecule has 1 unspecified atom stereocenters. The molecule has 0 bridgehead atoms. The molecule has 1 atom stereocenters. The highest BCUT2D eigenvalue weighted by Gasteiger charge is 2.38. The summed E-state index contributed by atoms with van der Waals surface area (Å²) < 4.78 is 0. The molecular formula is C13H21N3O4S. The summed E-state index contributed by atoms with van der Waals surface area (Å²) in [4.78, 5) is 47.5. The molecule has 1 aliphatic rings. The fourth-order valence-corrected chi connectivity index (χ4v) is 2.98. The van der Waals surface area contributed by atoms with Crippen LogP contribution in [0.1, 0.15) is 26.2 Å². The Morgan fingerprint density at radius 3 is 2.67 bits per heavy atom. The molecule has 7 nitrogen and oxygen atoms in total. The van der Waals surface area contributed by atoms with Crippen molar-refractivity contribution >= 4 is 35.4 Å². The number of hydrogen-bond donors (Lipinski definition) is 2. The number of carbonyl (C=O) groups is 4. The second-order valence-electron chi connectivity index (χ2n) is 4.62. The second-order valence-corrected chi connectivity index (χ2v) is 5.81. The third-order valence-electron chi connectivity index (χ3n) is 3.06. The van der Waals surface area contributed by atoms with E-state index in [9.17, 15) is 19.2 Å². The largest absolute Gasteiger partial charge is 0.358 e. The first kappa shape index (κ1) is 17.5. The van der Waals surface area contributed by atoms with E-state index < -0.39 is 5.25 Å². The fraction of sp³-hybridized carbons (Fsp3) is 0.692. The maximum absolute atomic E-state index is 12.1. The molecule has 1 rings (SSSR count). The van der Waals surface area contributed by atoms with E-state index in [1.54, 1.807) is 0 Å². The highest BCUT2D eigenvalue weighted by atomic mass is 32.2. The first-order valence-electron chi connectivity index (χ1n) is 6.92. The maximum Gasteiger partial charge on any atom is 0.242 e. The molecule has 2 N–H and O–H groups in total. The van der Waals surface area contributed by atoms with Gasteiger partial charge in [-0.05, 0) is 13.3 Å². The molecular weight excluding hydrogens is 294 g/mol. The highest BCUT2D eigenvalue weighted by molar-refractivity contribution is 8.01. The zero-order chi connectivity index (χ0) is 15.8. The van der Waals surface area contributed by atoms with Crippen LogP contribution >= 0.6 is 11.8 Å². The third-order valence-corrected chi connectivity index (χ3v) is 4.26. The van der Waals surface area contributed by atoms with Gasteiger partial charge in [0.05, 0.1) is 11.0 Å². The predicted octanol–water partition coefficient (Wildman–Crippen LogP) is -0.491. The monoisotopic (exact) mass is 315 g/mol. The summed E-state index contributed by atoms with van der Waals surface area (Å²) in [6.07, 6.45) is 0.874. The number of nitrogens with one attached hydrogen (secondary N) is 2. The predicted molar refractivity (Wildman–Crippen MR) is 79.6 cm³/mol. The lowest BCUT2D eigenvalue weighted by atomic mass is 10.3. The number of rotatable bonds is 8. The molecule has 21 heavy (non-hydrogen) atoms. The average Bonchev–Trinajstić information content (AvgIpc) is 2.72. The molecule has 0 aromatic rings. The number of hydrogen-bond acceptors (Lipinski definition) is 5. The zero-order valence-corrected chi connectivity index (χ0v) is 13.1. The smallest absolute Gasteiger partial charge is 0.242 e. The number of imide groups is 1. The number of amides is 4. The minimum absolute atomic E-state index is 0.0814. The number of nitrogens with zero attached hydrogens (tertiary/aromatic N) is 1. The number of carbonyl (C=O) groups excluding carboxylic acids is 4. The number of likely N-dealkylation sites (tertiary alicyclic amines) is 1. The van der Waals surface area contributed by atoms with E-state index in [2.05, 4.69) is 10.6 Å². The summed E-state index contributed by atoms with van der Waals surface area (Å²) >= 11 is 1.18. The van der Waals surface area contributed by atoms with Gasteiger partial charge >= 0.3 is 0 Å². The summed E-state index contributed by atoms with van der Waals surface area (Å²) in [6, 6.07) is 0. The molecule has 1 fully saturated rings. The first-order valence-corrected chi connectivity index (χ1v) is 7.97. The van der Waals surface area contributed by atoms with E-state index in [4.69, 9.17) is 0 Å². The van der Waals surface area contributed by atoms with E-state index in [-0.39, 0.29) is 42.3 Å². The van der Waals surface area contributed by atoms with E-state index in [0.717, 1.165) is 0 Å². The lowest BCUT2D eigenvalue weighted by Crippen LogP contribution is -2.33. The molecule has 0 aromatic carbocycles. The van der Waals surface area contributed by atoms with Crippen LogP contribution in [0.2, 0.25) is 0 Å². The molecule has 118 valence electrons. The van der Waals surface area contributed by atoms with E-state index in [1.165, 1.54) is 23.7 Å². The molecule has 1 saturated heterocycles. The molecule has 1 aliphatic heterocycles. The van der Waals surface area contributed by atoms with E-state index in [1.807, 2.05) is 6.92 Å². The van der Waals surface area contributed by atoms with Crippen molar-refractivity contribution < 1.29 is 19.2 Å². The van der Waals surface area contributed by atoms with Crippen molar-refractivity contribution in [3.05, 3.63) is 0 Å². The summed E-state index contributed by atoms with van der Waals surface area (Å²) in [5.41, 5.74) is 0. The minimum Gasteiger partial charge on any atom is -0.358 e. The molecule has 8 heteroatoms. The second kappa shape index (κ2) is 8.66. The van der Waals surface area contributed by atoms with Crippen molar-refractivity contribution in [1.82, 2.24) is 15.5 Å². The molecule has 0 saturated carbocycles. The number of thioether (sulfide) groups is 1. The molecule has 0 aromatic heterocycles. The Kier molecular flexibility index (Phi) is 7.21. The van der Waals surface area contributed by atoms with Crippen LogP contribution < -0.4 is 10.6 Å². The van der Waals surface area contributed by atoms with E-state index in [0.29, 0.717) is 19.4 Å². The normalized spacial score (nSPS) is 18.0. The van der Waals surface area contributed by atoms with Gasteiger partial charge in [-0.1, -0.05) is 0 Å². The van der Waals surface area contributed by atoms with Crippen molar-refractivity contribution in [2.24, 2.45) is 0 Å². The topological polar surface area (TPSA) is 95.6 Å². The zero-order valence-electron chi connectivity index (χ0n) is 12.3. The lowest BCUT2D eigenvalue weighted by Gasteiger charge is -2.14. The van der Waals surface area contributed by atoms with Gasteiger partial charge in [-0.25, -0.2) is 0 Å². The van der Waals surface area contributed by atoms with Crippen LogP contribution in [0, 0.1) is 0 Å². The van der Waals surface area contributed by atoms with Crippen LogP contribution in [0.25, 0.3) is 0 Å². The molecule has 0 spiro atoms. The van der Waals surface area contributed by atoms with Gasteiger partial charge < -0.3 is 10.6 Å². The van der Waals surface area contributed by atoms with Crippen molar-refractivity contribution in [3.63, 3.8) is 0 Å². The third kappa shape index (κ3) is 5.37. The van der Waals surface area contributed by atoms with Gasteiger partial charge in [0.15, 0.2) is 0 Å². The van der Waals surface area contributed by atoms with Crippen LogP contribution in [-0.4, -0.2) is 59.7 Å². The van der Waals surface area contributed by atoms with Crippen LogP contribution in [0.5, 0.6) is 0 Å². The molecule has 0 aliphatic carbocycles. The van der Waals surface area contributed by atoms with Crippen molar-refractivity contribution in [2.75, 3.05) is 25.9 Å². The Bertz CT molecular complexity index is 428. The van der Waals surface area contributed by atoms with Gasteiger partial charge in [-0.2, -0.15) is 0 Å². The summed E-state index contributed by atoms with van der Waals surface area (Å²) in [5.74, 6) is -0.584. The maximum atomic E-state index is 12.1. The molecule has 4 amide bonds. The van der Waals surface area contributed by atoms with Gasteiger partial charge in [0.1, 0.15) is 0 Å². The average molecular weight is 315 g/mol. The summed E-state index contributed by atoms with van der Waals surface area (Å²) in [6.45, 7) is 2.66. The first-order chi connectivity index (χ1) is 9.99. The quantitative estimate of drug-likeness (QED) is 0.589. The standard InChI is InChI=1S/C13H21N3O4S/c1-3-15-10(17)5-4-6-16-12(19)7-9(13(16)20)21-8-11(18)14-2/h9H,3-8H2,1-2H3,(H,14,18)(H,15,17). The molecule has 0 radical (unpaired) electrons. The molecule has 1 heterocycles. The van der Waals surface area contributed by atoms with Crippen LogP contribution in [-0.2, 0) is 19.2 Å². The van der Waals surface area contributed by atoms with E-state index >= 15 is 0 Å². The fourth-order valence-electron chi connectivity index (χ4n) is 1.95. The highest BCUT2D eigenvalue weighted by Crippen LogP contribution is 2.25. The van der Waals surface area contributed by atoms with Crippen molar-refractivity contribution in [2.45, 2.75) is 31.4 Å². The van der Waals surface area contributed by atoms with Crippen molar-refractivity contribution in [1.29, 1.82) is 0 Å². The Balaban J connectivity index is 2.39. The lowest BCUT2D eigenvalue weighted by molar-refractivity contribution is -0.138. The van der Waals surface area contributed by atoms with Crippen LogP contribution in [0.3, 0.4) is 0 Å². The van der Waals surface area contributed by atoms with Gasteiger partial charge in [0, 0.05) is 33.0 Å². The summed E-state index contributed by atoms with van der Waals surface area (Å²) in [5, 5.41) is 4.65. The van der Waals surface area contributed by atoms with Gasteiger partial charge in [-0.15, -0.1) is 11.8 Å². The SMILES string of the molecule is CCNC(=O)CCCN1C(=O)CC(SCC(=O)NC)C1=O. The van der Waals surface area contributed by atoms with Crippen LogP contribution in [0.15, 0.2) is 0 Å². The van der Waals surface area contributed by atoms with Crippen molar-refractivity contribution in [3.8, 4) is 0 Å². The van der Waals surface area contributed by atoms with Gasteiger partial charge in [0.2, 0.25) is 23.6 Å². The Hall–Kier alpha value is -1.57. The Labute approximate surface area is 128 Å². The van der Waals surface area contributed by atoms with Crippen LogP contribution in [0.4, 0.5) is 0 Å².